The molecule has 0 spiro atoms. The molecular formula is C25H29F3N2O5. The van der Waals surface area contributed by atoms with Gasteiger partial charge in [-0.2, -0.15) is 13.2 Å². The van der Waals surface area contributed by atoms with Crippen molar-refractivity contribution in [2.45, 2.75) is 38.5 Å². The molecular weight excluding hydrogens is 465 g/mol. The number of alkyl halides is 3. The van der Waals surface area contributed by atoms with E-state index in [-0.39, 0.29) is 18.7 Å². The van der Waals surface area contributed by atoms with Gasteiger partial charge in [0.05, 0.1) is 12.1 Å². The van der Waals surface area contributed by atoms with Gasteiger partial charge in [0.15, 0.2) is 6.10 Å². The Balaban J connectivity index is 1.51. The van der Waals surface area contributed by atoms with Crippen molar-refractivity contribution in [1.82, 2.24) is 4.90 Å². The quantitative estimate of drug-likeness (QED) is 0.431. The van der Waals surface area contributed by atoms with Gasteiger partial charge in [-0.25, -0.2) is 9.59 Å². The maximum Gasteiger partial charge on any atom is 0.416 e. The van der Waals surface area contributed by atoms with Crippen LogP contribution < -0.4 is 10.1 Å². The van der Waals surface area contributed by atoms with Gasteiger partial charge in [-0.15, -0.1) is 0 Å². The summed E-state index contributed by atoms with van der Waals surface area (Å²) < 4.78 is 49.2. The Morgan fingerprint density at radius 2 is 1.77 bits per heavy atom. The summed E-state index contributed by atoms with van der Waals surface area (Å²) in [5, 5.41) is 11.9. The number of rotatable bonds is 12. The zero-order chi connectivity index (χ0) is 25.4. The summed E-state index contributed by atoms with van der Waals surface area (Å²) in [5.74, 6) is -0.0239. The van der Waals surface area contributed by atoms with Crippen LogP contribution in [0.2, 0.25) is 0 Å². The van der Waals surface area contributed by atoms with E-state index in [1.54, 1.807) is 36.1 Å². The Bertz CT molecular complexity index is 976. The molecule has 0 radical (unpaired) electrons. The van der Waals surface area contributed by atoms with Gasteiger partial charge in [0, 0.05) is 25.3 Å². The predicted octanol–water partition coefficient (Wildman–Crippen LogP) is 5.06. The van der Waals surface area contributed by atoms with Crippen molar-refractivity contribution in [2.24, 2.45) is 5.92 Å². The molecule has 2 aromatic rings. The molecule has 1 aliphatic carbocycles. The molecule has 1 fully saturated rings. The normalized spacial score (nSPS) is 14.3. The fourth-order valence-corrected chi connectivity index (χ4v) is 3.46. The fraction of sp³-hybridized carbons (Fsp3) is 0.440. The van der Waals surface area contributed by atoms with E-state index < -0.39 is 29.8 Å². The summed E-state index contributed by atoms with van der Waals surface area (Å²) in [4.78, 5) is 25.6. The van der Waals surface area contributed by atoms with E-state index in [1.807, 2.05) is 0 Å². The highest BCUT2D eigenvalue weighted by Crippen LogP contribution is 2.31. The van der Waals surface area contributed by atoms with Crippen LogP contribution in [0.1, 0.15) is 30.9 Å². The van der Waals surface area contributed by atoms with Crippen molar-refractivity contribution >= 4 is 17.7 Å². The molecule has 35 heavy (non-hydrogen) atoms. The summed E-state index contributed by atoms with van der Waals surface area (Å²) in [5.41, 5.74) is 0.303. The molecule has 10 heteroatoms. The van der Waals surface area contributed by atoms with E-state index >= 15 is 0 Å². The highest BCUT2D eigenvalue weighted by molar-refractivity contribution is 5.89. The minimum atomic E-state index is -4.43. The zero-order valence-corrected chi connectivity index (χ0v) is 19.4. The molecule has 190 valence electrons. The Hall–Kier alpha value is -3.27. The number of ether oxygens (including phenoxy) is 2. The third-order valence-electron chi connectivity index (χ3n) is 5.54. The summed E-state index contributed by atoms with van der Waals surface area (Å²) in [6.07, 6.45) is -3.04. The summed E-state index contributed by atoms with van der Waals surface area (Å²) in [6.45, 7) is 3.12. The smallest absolute Gasteiger partial charge is 0.416 e. The van der Waals surface area contributed by atoms with Gasteiger partial charge in [0.1, 0.15) is 12.4 Å². The lowest BCUT2D eigenvalue weighted by atomic mass is 10.1. The number of benzene rings is 2. The van der Waals surface area contributed by atoms with Crippen molar-refractivity contribution < 1.29 is 37.3 Å². The number of carbonyl (C=O) groups excluding carboxylic acids is 1. The first kappa shape index (κ1) is 26.3. The van der Waals surface area contributed by atoms with Crippen LogP contribution in [0, 0.1) is 5.92 Å². The highest BCUT2D eigenvalue weighted by Gasteiger charge is 2.30. The van der Waals surface area contributed by atoms with Crippen LogP contribution in [0.5, 0.6) is 5.75 Å². The maximum atomic E-state index is 12.7. The van der Waals surface area contributed by atoms with E-state index in [4.69, 9.17) is 9.47 Å². The van der Waals surface area contributed by atoms with Crippen LogP contribution in [0.4, 0.5) is 23.7 Å². The number of halogens is 3. The van der Waals surface area contributed by atoms with Gasteiger partial charge in [-0.1, -0.05) is 12.1 Å². The number of nitrogens with zero attached hydrogens (tertiary/aromatic N) is 1. The van der Waals surface area contributed by atoms with E-state index in [2.05, 4.69) is 5.32 Å². The van der Waals surface area contributed by atoms with Crippen LogP contribution in [-0.2, 0) is 22.1 Å². The molecule has 0 aliphatic heterocycles. The van der Waals surface area contributed by atoms with Gasteiger partial charge in [0.2, 0.25) is 0 Å². The third-order valence-corrected chi connectivity index (χ3v) is 5.54. The monoisotopic (exact) mass is 494 g/mol. The molecule has 0 aromatic heterocycles. The lowest BCUT2D eigenvalue weighted by molar-refractivity contribution is -0.150. The van der Waals surface area contributed by atoms with Gasteiger partial charge in [0.25, 0.3) is 0 Å². The standard InChI is InChI=1S/C25H29F3N2O5/c1-2-34-22(23(31)32)15-17-5-11-21(12-6-17)35-14-13-30(16-18-3-4-18)24(33)29-20-9-7-19(8-10-20)25(26,27)28/h5-12,18,22H,2-4,13-16H2,1H3,(H,29,33)(H,31,32). The number of carboxylic acids is 1. The van der Waals surface area contributed by atoms with Gasteiger partial charge >= 0.3 is 18.2 Å². The molecule has 0 heterocycles. The van der Waals surface area contributed by atoms with E-state index in [0.29, 0.717) is 31.4 Å². The number of nitrogens with one attached hydrogen (secondary N) is 1. The lowest BCUT2D eigenvalue weighted by Gasteiger charge is -2.23. The first-order valence-electron chi connectivity index (χ1n) is 11.4. The largest absolute Gasteiger partial charge is 0.492 e. The van der Waals surface area contributed by atoms with Crippen LogP contribution in [0.25, 0.3) is 0 Å². The lowest BCUT2D eigenvalue weighted by Crippen LogP contribution is -2.39. The number of amides is 2. The van der Waals surface area contributed by atoms with Gasteiger partial charge in [-0.3, -0.25) is 0 Å². The molecule has 2 aromatic carbocycles. The summed E-state index contributed by atoms with van der Waals surface area (Å²) in [7, 11) is 0. The van der Waals surface area contributed by atoms with Crippen LogP contribution >= 0.6 is 0 Å². The molecule has 0 saturated heterocycles. The third kappa shape index (κ3) is 8.47. The number of carbonyl (C=O) groups is 2. The minimum Gasteiger partial charge on any atom is -0.492 e. The number of anilines is 1. The minimum absolute atomic E-state index is 0.225. The van der Waals surface area contributed by atoms with E-state index in [0.717, 1.165) is 30.5 Å². The van der Waals surface area contributed by atoms with Crippen molar-refractivity contribution in [3.63, 3.8) is 0 Å². The van der Waals surface area contributed by atoms with Gasteiger partial charge < -0.3 is 24.8 Å². The number of hydrogen-bond donors (Lipinski definition) is 2. The second-order valence-electron chi connectivity index (χ2n) is 8.37. The van der Waals surface area contributed by atoms with Crippen molar-refractivity contribution in [1.29, 1.82) is 0 Å². The average molecular weight is 495 g/mol. The Labute approximate surface area is 201 Å². The van der Waals surface area contributed by atoms with E-state index in [1.165, 1.54) is 12.1 Å². The topological polar surface area (TPSA) is 88.1 Å². The van der Waals surface area contributed by atoms with E-state index in [9.17, 15) is 27.9 Å². The first-order valence-corrected chi connectivity index (χ1v) is 11.4. The molecule has 1 atom stereocenters. The molecule has 3 rings (SSSR count). The maximum absolute atomic E-state index is 12.7. The van der Waals surface area contributed by atoms with Crippen LogP contribution in [-0.4, -0.2) is 54.4 Å². The van der Waals surface area contributed by atoms with Crippen LogP contribution in [0.15, 0.2) is 48.5 Å². The van der Waals surface area contributed by atoms with Crippen molar-refractivity contribution in [3.05, 3.63) is 59.7 Å². The zero-order valence-electron chi connectivity index (χ0n) is 19.4. The molecule has 1 unspecified atom stereocenters. The van der Waals surface area contributed by atoms with Crippen molar-refractivity contribution in [2.75, 3.05) is 31.6 Å². The molecule has 2 N–H and O–H groups in total. The fourth-order valence-electron chi connectivity index (χ4n) is 3.46. The Morgan fingerprint density at radius 1 is 1.11 bits per heavy atom. The second-order valence-corrected chi connectivity index (χ2v) is 8.37. The SMILES string of the molecule is CCOC(Cc1ccc(OCCN(CC2CC2)C(=O)Nc2ccc(C(F)(F)F)cc2)cc1)C(=O)O. The number of urea groups is 1. The van der Waals surface area contributed by atoms with Gasteiger partial charge in [-0.05, 0) is 67.6 Å². The summed E-state index contributed by atoms with van der Waals surface area (Å²) >= 11 is 0. The molecule has 2 amide bonds. The van der Waals surface area contributed by atoms with Crippen LogP contribution in [0.3, 0.4) is 0 Å². The number of carboxylic acid groups (broad SMARTS) is 1. The molecule has 0 bridgehead atoms. The van der Waals surface area contributed by atoms with Crippen molar-refractivity contribution in [3.8, 4) is 5.75 Å². The molecule has 1 aliphatic rings. The average Bonchev–Trinajstić information content (AvgIpc) is 3.63. The molecule has 1 saturated carbocycles. The highest BCUT2D eigenvalue weighted by atomic mass is 19.4. The molecule has 7 nitrogen and oxygen atoms in total. The number of hydrogen-bond acceptors (Lipinski definition) is 4. The first-order chi connectivity index (χ1) is 16.7. The Kier molecular flexibility index (Phi) is 8.97. The number of aliphatic carboxylic acids is 1. The second kappa shape index (κ2) is 11.9. The Morgan fingerprint density at radius 3 is 2.31 bits per heavy atom. The summed E-state index contributed by atoms with van der Waals surface area (Å²) in [6, 6.07) is 10.9. The predicted molar refractivity (Wildman–Crippen MR) is 123 cm³/mol.